The highest BCUT2D eigenvalue weighted by Gasteiger charge is 2.02. The van der Waals surface area contributed by atoms with E-state index in [-0.39, 0.29) is 0 Å². The van der Waals surface area contributed by atoms with Crippen LogP contribution in [0.25, 0.3) is 0 Å². The van der Waals surface area contributed by atoms with E-state index >= 15 is 0 Å². The van der Waals surface area contributed by atoms with Gasteiger partial charge in [-0.15, -0.1) is 0 Å². The van der Waals surface area contributed by atoms with Crippen molar-refractivity contribution in [2.24, 2.45) is 0 Å². The Balaban J connectivity index is 1.57. The van der Waals surface area contributed by atoms with Gasteiger partial charge >= 0.3 is 0 Å². The third kappa shape index (κ3) is 4.85. The first-order chi connectivity index (χ1) is 11.7. The maximum Gasteiger partial charge on any atom is 0.218 e. The largest absolute Gasteiger partial charge is 0.473 e. The zero-order chi connectivity index (χ0) is 16.8. The quantitative estimate of drug-likeness (QED) is 0.674. The molecule has 4 nitrogen and oxygen atoms in total. The molecule has 0 bridgehead atoms. The highest BCUT2D eigenvalue weighted by molar-refractivity contribution is 6.30. The summed E-state index contributed by atoms with van der Waals surface area (Å²) in [6.07, 6.45) is 1.47. The van der Waals surface area contributed by atoms with Gasteiger partial charge in [0.25, 0.3) is 0 Å². The van der Waals surface area contributed by atoms with Crippen molar-refractivity contribution in [3.8, 4) is 5.88 Å². The van der Waals surface area contributed by atoms with Crippen LogP contribution in [0.1, 0.15) is 11.1 Å². The number of rotatable bonds is 6. The number of aromatic nitrogens is 2. The summed E-state index contributed by atoms with van der Waals surface area (Å²) in [6, 6.07) is 16.9. The molecule has 0 saturated heterocycles. The molecule has 24 heavy (non-hydrogen) atoms. The first-order valence-electron chi connectivity index (χ1n) is 7.37. The lowest BCUT2D eigenvalue weighted by Crippen LogP contribution is -2.03. The molecular weight excluding hydrogens is 345 g/mol. The van der Waals surface area contributed by atoms with Crippen molar-refractivity contribution in [1.29, 1.82) is 0 Å². The number of nitrogens with zero attached hydrogens (tertiary/aromatic N) is 2. The third-order valence-corrected chi connectivity index (χ3v) is 3.83. The van der Waals surface area contributed by atoms with Crippen LogP contribution >= 0.6 is 23.2 Å². The maximum absolute atomic E-state index is 5.88. The minimum absolute atomic E-state index is 0.421. The van der Waals surface area contributed by atoms with Gasteiger partial charge in [-0.05, 0) is 35.4 Å². The van der Waals surface area contributed by atoms with E-state index in [4.69, 9.17) is 27.9 Å². The molecule has 0 atom stereocenters. The van der Waals surface area contributed by atoms with E-state index in [1.54, 1.807) is 6.07 Å². The van der Waals surface area contributed by atoms with Crippen LogP contribution in [0.4, 0.5) is 5.82 Å². The molecule has 0 spiro atoms. The van der Waals surface area contributed by atoms with E-state index in [1.165, 1.54) is 6.33 Å². The van der Waals surface area contributed by atoms with Gasteiger partial charge in [0, 0.05) is 22.7 Å². The normalized spacial score (nSPS) is 10.4. The van der Waals surface area contributed by atoms with E-state index in [9.17, 15) is 0 Å². The lowest BCUT2D eigenvalue weighted by molar-refractivity contribution is 0.293. The summed E-state index contributed by atoms with van der Waals surface area (Å²) in [5.74, 6) is 1.21. The zero-order valence-corrected chi connectivity index (χ0v) is 14.3. The molecule has 3 rings (SSSR count). The molecule has 1 heterocycles. The number of benzene rings is 2. The predicted octanol–water partition coefficient (Wildman–Crippen LogP) is 4.97. The van der Waals surface area contributed by atoms with E-state index in [0.717, 1.165) is 16.1 Å². The van der Waals surface area contributed by atoms with E-state index < -0.39 is 0 Å². The molecular formula is C18H15Cl2N3O. The summed E-state index contributed by atoms with van der Waals surface area (Å²) in [4.78, 5) is 8.31. The van der Waals surface area contributed by atoms with Crippen LogP contribution < -0.4 is 10.1 Å². The van der Waals surface area contributed by atoms with E-state index in [2.05, 4.69) is 15.3 Å². The molecule has 0 unspecified atom stereocenters. The number of ether oxygens (including phenoxy) is 1. The fourth-order valence-electron chi connectivity index (χ4n) is 2.05. The SMILES string of the molecule is Clc1ccc(CNc2cc(OCc3ccc(Cl)cc3)ncn2)cc1. The van der Waals surface area contributed by atoms with Gasteiger partial charge in [-0.1, -0.05) is 47.5 Å². The van der Waals surface area contributed by atoms with Crippen LogP contribution in [-0.4, -0.2) is 9.97 Å². The van der Waals surface area contributed by atoms with Gasteiger partial charge < -0.3 is 10.1 Å². The van der Waals surface area contributed by atoms with Crippen LogP contribution in [-0.2, 0) is 13.2 Å². The molecule has 1 aromatic heterocycles. The molecule has 0 radical (unpaired) electrons. The number of nitrogens with one attached hydrogen (secondary N) is 1. The van der Waals surface area contributed by atoms with Crippen LogP contribution in [0.3, 0.4) is 0 Å². The van der Waals surface area contributed by atoms with Gasteiger partial charge in [-0.25, -0.2) is 9.97 Å². The average molecular weight is 360 g/mol. The first kappa shape index (κ1) is 16.6. The molecule has 122 valence electrons. The molecule has 0 aliphatic heterocycles. The number of hydrogen-bond donors (Lipinski definition) is 1. The Morgan fingerprint density at radius 2 is 1.46 bits per heavy atom. The second-order valence-electron chi connectivity index (χ2n) is 5.14. The van der Waals surface area contributed by atoms with Crippen molar-refractivity contribution in [3.05, 3.63) is 82.1 Å². The average Bonchev–Trinajstić information content (AvgIpc) is 2.61. The van der Waals surface area contributed by atoms with Gasteiger partial charge in [-0.3, -0.25) is 0 Å². The monoisotopic (exact) mass is 359 g/mol. The summed E-state index contributed by atoms with van der Waals surface area (Å²) < 4.78 is 5.69. The van der Waals surface area contributed by atoms with Crippen LogP contribution in [0, 0.1) is 0 Å². The van der Waals surface area contributed by atoms with Crippen molar-refractivity contribution < 1.29 is 4.74 Å². The highest BCUT2D eigenvalue weighted by atomic mass is 35.5. The van der Waals surface area contributed by atoms with Crippen LogP contribution in [0.2, 0.25) is 10.0 Å². The molecule has 3 aromatic rings. The van der Waals surface area contributed by atoms with Crippen LogP contribution in [0.15, 0.2) is 60.9 Å². The fourth-order valence-corrected chi connectivity index (χ4v) is 2.30. The lowest BCUT2D eigenvalue weighted by Gasteiger charge is -2.08. The Hall–Kier alpha value is -2.30. The minimum atomic E-state index is 0.421. The van der Waals surface area contributed by atoms with Crippen molar-refractivity contribution >= 4 is 29.0 Å². The lowest BCUT2D eigenvalue weighted by atomic mass is 10.2. The summed E-state index contributed by atoms with van der Waals surface area (Å²) in [6.45, 7) is 1.07. The van der Waals surface area contributed by atoms with Gasteiger partial charge in [-0.2, -0.15) is 0 Å². The highest BCUT2D eigenvalue weighted by Crippen LogP contribution is 2.16. The minimum Gasteiger partial charge on any atom is -0.473 e. The van der Waals surface area contributed by atoms with E-state index in [1.807, 2.05) is 48.5 Å². The topological polar surface area (TPSA) is 47.0 Å². The van der Waals surface area contributed by atoms with Gasteiger partial charge in [0.05, 0.1) is 0 Å². The molecule has 1 N–H and O–H groups in total. The number of anilines is 1. The Morgan fingerprint density at radius 1 is 0.833 bits per heavy atom. The van der Waals surface area contributed by atoms with Gasteiger partial charge in [0.2, 0.25) is 5.88 Å². The van der Waals surface area contributed by atoms with Crippen molar-refractivity contribution in [1.82, 2.24) is 9.97 Å². The van der Waals surface area contributed by atoms with E-state index in [0.29, 0.717) is 29.9 Å². The van der Waals surface area contributed by atoms with Gasteiger partial charge in [0.1, 0.15) is 18.8 Å². The molecule has 0 aliphatic rings. The zero-order valence-electron chi connectivity index (χ0n) is 12.7. The molecule has 0 fully saturated rings. The van der Waals surface area contributed by atoms with Crippen molar-refractivity contribution in [2.75, 3.05) is 5.32 Å². The summed E-state index contributed by atoms with van der Waals surface area (Å²) in [5, 5.41) is 4.66. The van der Waals surface area contributed by atoms with Crippen LogP contribution in [0.5, 0.6) is 5.88 Å². The maximum atomic E-state index is 5.88. The molecule has 6 heteroatoms. The predicted molar refractivity (Wildman–Crippen MR) is 96.6 cm³/mol. The van der Waals surface area contributed by atoms with Gasteiger partial charge in [0.15, 0.2) is 0 Å². The molecule has 0 amide bonds. The summed E-state index contributed by atoms with van der Waals surface area (Å²) in [5.41, 5.74) is 2.13. The Kier molecular flexibility index (Phi) is 5.51. The standard InChI is InChI=1S/C18H15Cl2N3O/c19-15-5-1-13(2-6-15)10-21-17-9-18(23-12-22-17)24-11-14-3-7-16(20)8-4-14/h1-9,12H,10-11H2,(H,21,22,23). The second-order valence-corrected chi connectivity index (χ2v) is 6.01. The number of halogens is 2. The number of hydrogen-bond acceptors (Lipinski definition) is 4. The third-order valence-electron chi connectivity index (χ3n) is 3.33. The Bertz CT molecular complexity index is 727. The molecule has 2 aromatic carbocycles. The summed E-state index contributed by atoms with van der Waals surface area (Å²) in [7, 11) is 0. The fraction of sp³-hybridized carbons (Fsp3) is 0.111. The first-order valence-corrected chi connectivity index (χ1v) is 8.12. The van der Waals surface area contributed by atoms with Crippen molar-refractivity contribution in [3.63, 3.8) is 0 Å². The summed E-state index contributed by atoms with van der Waals surface area (Å²) >= 11 is 11.7. The second kappa shape index (κ2) is 7.99. The molecule has 0 saturated carbocycles. The van der Waals surface area contributed by atoms with Crippen molar-refractivity contribution in [2.45, 2.75) is 13.2 Å². The Morgan fingerprint density at radius 3 is 2.12 bits per heavy atom. The smallest absolute Gasteiger partial charge is 0.218 e. The Labute approximate surface area is 150 Å². The molecule has 0 aliphatic carbocycles.